The second-order valence-electron chi connectivity index (χ2n) is 4.36. The lowest BCUT2D eigenvalue weighted by Crippen LogP contribution is -2.45. The van der Waals surface area contributed by atoms with Crippen molar-refractivity contribution in [3.8, 4) is 0 Å². The first kappa shape index (κ1) is 14.6. The summed E-state index contributed by atoms with van der Waals surface area (Å²) in [4.78, 5) is 23.4. The summed E-state index contributed by atoms with van der Waals surface area (Å²) in [7, 11) is 0. The zero-order chi connectivity index (χ0) is 14.4. The van der Waals surface area contributed by atoms with Crippen molar-refractivity contribution in [2.24, 2.45) is 0 Å². The lowest BCUT2D eigenvalue weighted by atomic mass is 10.2. The van der Waals surface area contributed by atoms with E-state index in [0.29, 0.717) is 13.0 Å². The Kier molecular flexibility index (Phi) is 5.17. The molecule has 2 N–H and O–H groups in total. The van der Waals surface area contributed by atoms with Crippen LogP contribution >= 0.6 is 15.9 Å². The largest absolute Gasteiger partial charge is 0.445 e. The number of benzene rings is 1. The number of carbonyl (C=O) groups excluding carboxylic acids is 2. The van der Waals surface area contributed by atoms with Crippen LogP contribution < -0.4 is 10.6 Å². The maximum absolute atomic E-state index is 11.7. The van der Waals surface area contributed by atoms with E-state index in [1.165, 1.54) is 0 Å². The van der Waals surface area contributed by atoms with Gasteiger partial charge in [-0.25, -0.2) is 4.79 Å². The highest BCUT2D eigenvalue weighted by molar-refractivity contribution is 9.11. The number of carbonyl (C=O) groups is 2. The van der Waals surface area contributed by atoms with Gasteiger partial charge < -0.3 is 15.4 Å². The van der Waals surface area contributed by atoms with Crippen LogP contribution in [0, 0.1) is 0 Å². The molecule has 1 atom stereocenters. The molecule has 1 aromatic rings. The fourth-order valence-electron chi connectivity index (χ4n) is 1.75. The normalized spacial score (nSPS) is 18.6. The Morgan fingerprint density at radius 1 is 1.40 bits per heavy atom. The lowest BCUT2D eigenvalue weighted by molar-refractivity contribution is -0.122. The molecule has 1 heterocycles. The molecular weight excluding hydrogens is 324 g/mol. The van der Waals surface area contributed by atoms with Crippen LogP contribution in [-0.4, -0.2) is 24.6 Å². The Labute approximate surface area is 125 Å². The van der Waals surface area contributed by atoms with Crippen molar-refractivity contribution < 1.29 is 14.3 Å². The first-order chi connectivity index (χ1) is 9.65. The van der Waals surface area contributed by atoms with Gasteiger partial charge in [0.25, 0.3) is 0 Å². The van der Waals surface area contributed by atoms with E-state index in [0.717, 1.165) is 10.0 Å². The lowest BCUT2D eigenvalue weighted by Gasteiger charge is -2.14. The van der Waals surface area contributed by atoms with Crippen molar-refractivity contribution in [3.63, 3.8) is 0 Å². The van der Waals surface area contributed by atoms with E-state index in [-0.39, 0.29) is 12.5 Å². The smallest absolute Gasteiger partial charge is 0.408 e. The summed E-state index contributed by atoms with van der Waals surface area (Å²) in [5.74, 6) is -0.215. The molecule has 106 valence electrons. The second kappa shape index (κ2) is 7.09. The third kappa shape index (κ3) is 4.38. The minimum atomic E-state index is -0.603. The van der Waals surface area contributed by atoms with Gasteiger partial charge in [0, 0.05) is 11.0 Å². The fourth-order valence-corrected chi connectivity index (χ4v) is 2.08. The number of hydrogen-bond donors (Lipinski definition) is 2. The number of alkyl carbamates (subject to hydrolysis) is 1. The monoisotopic (exact) mass is 338 g/mol. The van der Waals surface area contributed by atoms with Gasteiger partial charge in [0.2, 0.25) is 5.91 Å². The highest BCUT2D eigenvalue weighted by Crippen LogP contribution is 2.10. The van der Waals surface area contributed by atoms with Gasteiger partial charge in [0.15, 0.2) is 0 Å². The summed E-state index contributed by atoms with van der Waals surface area (Å²) in [6.45, 7) is 0.622. The summed E-state index contributed by atoms with van der Waals surface area (Å²) in [6.07, 6.45) is 1.70. The molecule has 20 heavy (non-hydrogen) atoms. The standard InChI is InChI=1S/C14H15BrN2O3/c15-11-6-7-12(13(18)16-8-11)17-14(19)20-9-10-4-2-1-3-5-10/h1-6,12H,7-9H2,(H,16,18)(H,17,19). The summed E-state index contributed by atoms with van der Waals surface area (Å²) >= 11 is 3.32. The van der Waals surface area contributed by atoms with Crippen LogP contribution in [0.5, 0.6) is 0 Å². The molecule has 1 aromatic carbocycles. The Balaban J connectivity index is 1.83. The van der Waals surface area contributed by atoms with Gasteiger partial charge in [0.05, 0.1) is 0 Å². The maximum atomic E-state index is 11.7. The van der Waals surface area contributed by atoms with Crippen LogP contribution in [0.2, 0.25) is 0 Å². The molecule has 1 aliphatic heterocycles. The number of ether oxygens (including phenoxy) is 1. The zero-order valence-electron chi connectivity index (χ0n) is 10.8. The molecule has 6 heteroatoms. The van der Waals surface area contributed by atoms with E-state index in [9.17, 15) is 9.59 Å². The zero-order valence-corrected chi connectivity index (χ0v) is 12.4. The van der Waals surface area contributed by atoms with E-state index < -0.39 is 12.1 Å². The quantitative estimate of drug-likeness (QED) is 0.886. The first-order valence-electron chi connectivity index (χ1n) is 6.24. The van der Waals surface area contributed by atoms with Crippen LogP contribution in [0.15, 0.2) is 40.9 Å². The summed E-state index contributed by atoms with van der Waals surface area (Å²) < 4.78 is 5.98. The molecule has 0 saturated heterocycles. The molecule has 0 fully saturated rings. The van der Waals surface area contributed by atoms with Crippen molar-refractivity contribution in [3.05, 3.63) is 46.5 Å². The number of hydrogen-bond acceptors (Lipinski definition) is 3. The predicted molar refractivity (Wildman–Crippen MR) is 78.2 cm³/mol. The van der Waals surface area contributed by atoms with Crippen molar-refractivity contribution in [1.82, 2.24) is 10.6 Å². The van der Waals surface area contributed by atoms with E-state index in [1.54, 1.807) is 0 Å². The van der Waals surface area contributed by atoms with Gasteiger partial charge in [-0.1, -0.05) is 52.3 Å². The van der Waals surface area contributed by atoms with Crippen molar-refractivity contribution in [1.29, 1.82) is 0 Å². The highest BCUT2D eigenvalue weighted by atomic mass is 79.9. The van der Waals surface area contributed by atoms with Crippen LogP contribution in [0.25, 0.3) is 0 Å². The summed E-state index contributed by atoms with van der Waals surface area (Å²) in [5.41, 5.74) is 0.899. The molecule has 0 saturated carbocycles. The summed E-state index contributed by atoms with van der Waals surface area (Å²) in [5, 5.41) is 5.26. The van der Waals surface area contributed by atoms with Gasteiger partial charge in [-0.2, -0.15) is 0 Å². The molecule has 5 nitrogen and oxygen atoms in total. The number of halogens is 1. The van der Waals surface area contributed by atoms with Crippen LogP contribution in [0.1, 0.15) is 12.0 Å². The third-order valence-electron chi connectivity index (χ3n) is 2.83. The van der Waals surface area contributed by atoms with Gasteiger partial charge in [-0.15, -0.1) is 0 Å². The molecule has 0 aromatic heterocycles. The topological polar surface area (TPSA) is 67.4 Å². The average molecular weight is 339 g/mol. The van der Waals surface area contributed by atoms with Gasteiger partial charge in [0.1, 0.15) is 12.6 Å². The molecule has 0 radical (unpaired) electrons. The van der Waals surface area contributed by atoms with Crippen LogP contribution in [-0.2, 0) is 16.1 Å². The van der Waals surface area contributed by atoms with E-state index in [4.69, 9.17) is 4.74 Å². The molecule has 1 unspecified atom stereocenters. The van der Waals surface area contributed by atoms with Gasteiger partial charge in [-0.05, 0) is 12.0 Å². The molecule has 0 aliphatic carbocycles. The Bertz CT molecular complexity index is 516. The highest BCUT2D eigenvalue weighted by Gasteiger charge is 2.22. The molecule has 2 amide bonds. The molecule has 0 bridgehead atoms. The van der Waals surface area contributed by atoms with Crippen LogP contribution in [0.3, 0.4) is 0 Å². The van der Waals surface area contributed by atoms with E-state index in [1.807, 2.05) is 36.4 Å². The van der Waals surface area contributed by atoms with Crippen molar-refractivity contribution >= 4 is 27.9 Å². The first-order valence-corrected chi connectivity index (χ1v) is 7.04. The molecular formula is C14H15BrN2O3. The molecule has 2 rings (SSSR count). The van der Waals surface area contributed by atoms with E-state index >= 15 is 0 Å². The van der Waals surface area contributed by atoms with Crippen LogP contribution in [0.4, 0.5) is 4.79 Å². The average Bonchev–Trinajstić information content (AvgIpc) is 2.62. The molecule has 0 spiro atoms. The van der Waals surface area contributed by atoms with Gasteiger partial charge >= 0.3 is 6.09 Å². The minimum Gasteiger partial charge on any atom is -0.445 e. The van der Waals surface area contributed by atoms with E-state index in [2.05, 4.69) is 26.6 Å². The van der Waals surface area contributed by atoms with Crippen molar-refractivity contribution in [2.75, 3.05) is 6.54 Å². The fraction of sp³-hybridized carbons (Fsp3) is 0.286. The SMILES string of the molecule is O=C(NC1CC=C(Br)CNC1=O)OCc1ccccc1. The number of nitrogens with one attached hydrogen (secondary N) is 2. The summed E-state index contributed by atoms with van der Waals surface area (Å²) in [6, 6.07) is 8.77. The third-order valence-corrected chi connectivity index (χ3v) is 3.43. The predicted octanol–water partition coefficient (Wildman–Crippen LogP) is 2.08. The number of rotatable bonds is 3. The Morgan fingerprint density at radius 2 is 2.15 bits per heavy atom. The maximum Gasteiger partial charge on any atom is 0.408 e. The molecule has 1 aliphatic rings. The Morgan fingerprint density at radius 3 is 2.90 bits per heavy atom. The second-order valence-corrected chi connectivity index (χ2v) is 5.38. The minimum absolute atomic E-state index is 0.181. The Hall–Kier alpha value is -1.82. The van der Waals surface area contributed by atoms with Gasteiger partial charge in [-0.3, -0.25) is 4.79 Å². The van der Waals surface area contributed by atoms with Crippen molar-refractivity contribution in [2.45, 2.75) is 19.1 Å². The number of amides is 2.